The van der Waals surface area contributed by atoms with Gasteiger partial charge in [-0.15, -0.1) is 0 Å². The molecule has 0 amide bonds. The zero-order valence-corrected chi connectivity index (χ0v) is 17.2. The van der Waals surface area contributed by atoms with Crippen LogP contribution in [-0.2, 0) is 6.42 Å². The molecule has 0 unspecified atom stereocenters. The molecule has 3 aromatic carbocycles. The summed E-state index contributed by atoms with van der Waals surface area (Å²) in [6.07, 6.45) is 2.80. The van der Waals surface area contributed by atoms with E-state index in [1.165, 1.54) is 23.3 Å². The molecule has 0 N–H and O–H groups in total. The molecule has 0 radical (unpaired) electrons. The maximum atomic E-state index is 11.2. The van der Waals surface area contributed by atoms with Crippen molar-refractivity contribution in [3.8, 4) is 5.75 Å². The molecular weight excluding hydrogens is 376 g/mol. The second-order valence-electron chi connectivity index (χ2n) is 7.40. The van der Waals surface area contributed by atoms with E-state index in [0.29, 0.717) is 17.7 Å². The Hall–Kier alpha value is -3.73. The Morgan fingerprint density at radius 1 is 1.13 bits per heavy atom. The van der Waals surface area contributed by atoms with Gasteiger partial charge in [0.05, 0.1) is 23.4 Å². The van der Waals surface area contributed by atoms with Crippen molar-refractivity contribution >= 4 is 28.7 Å². The summed E-state index contributed by atoms with van der Waals surface area (Å²) in [5.41, 5.74) is 8.16. The number of hydrogen-bond donors (Lipinski definition) is 0. The molecule has 0 saturated carbocycles. The quantitative estimate of drug-likeness (QED) is 0.294. The maximum absolute atomic E-state index is 11.2. The minimum Gasteiger partial charge on any atom is -0.496 e. The Morgan fingerprint density at radius 2 is 1.93 bits per heavy atom. The first-order chi connectivity index (χ1) is 14.5. The predicted molar refractivity (Wildman–Crippen MR) is 121 cm³/mol. The smallest absolute Gasteiger partial charge is 0.270 e. The molecule has 0 spiro atoms. The SMILES string of the molecule is COc1ccc([N+](=O)[O-])cc1C1=Nc2cc(/C(C)=C/c3ccccc3C)ccc2C1. The number of fused-ring (bicyclic) bond motifs is 1. The van der Waals surface area contributed by atoms with Crippen LogP contribution in [0.5, 0.6) is 5.75 Å². The summed E-state index contributed by atoms with van der Waals surface area (Å²) < 4.78 is 5.42. The van der Waals surface area contributed by atoms with Crippen LogP contribution in [0.25, 0.3) is 11.6 Å². The number of hydrogen-bond acceptors (Lipinski definition) is 4. The fraction of sp³-hybridized carbons (Fsp3) is 0.160. The normalized spacial score (nSPS) is 13.0. The van der Waals surface area contributed by atoms with Gasteiger partial charge in [0.25, 0.3) is 5.69 Å². The van der Waals surface area contributed by atoms with E-state index in [-0.39, 0.29) is 5.69 Å². The molecule has 1 heterocycles. The summed E-state index contributed by atoms with van der Waals surface area (Å²) in [6, 6.07) is 19.2. The lowest BCUT2D eigenvalue weighted by molar-refractivity contribution is -0.384. The van der Waals surface area contributed by atoms with Crippen LogP contribution in [-0.4, -0.2) is 17.7 Å². The first-order valence-corrected chi connectivity index (χ1v) is 9.74. The molecule has 0 aromatic heterocycles. The molecular formula is C25H22N2O3. The van der Waals surface area contributed by atoms with Gasteiger partial charge in [0, 0.05) is 24.1 Å². The first-order valence-electron chi connectivity index (χ1n) is 9.74. The van der Waals surface area contributed by atoms with Gasteiger partial charge >= 0.3 is 0 Å². The van der Waals surface area contributed by atoms with Gasteiger partial charge in [-0.2, -0.15) is 0 Å². The van der Waals surface area contributed by atoms with Crippen molar-refractivity contribution in [1.82, 2.24) is 0 Å². The van der Waals surface area contributed by atoms with Crippen molar-refractivity contribution in [2.45, 2.75) is 20.3 Å². The molecule has 4 rings (SSSR count). The molecule has 150 valence electrons. The molecule has 0 aliphatic carbocycles. The topological polar surface area (TPSA) is 64.7 Å². The summed E-state index contributed by atoms with van der Waals surface area (Å²) in [5.74, 6) is 0.586. The van der Waals surface area contributed by atoms with E-state index in [0.717, 1.165) is 28.1 Å². The van der Waals surface area contributed by atoms with Crippen molar-refractivity contribution in [1.29, 1.82) is 0 Å². The van der Waals surface area contributed by atoms with Crippen molar-refractivity contribution < 1.29 is 9.66 Å². The van der Waals surface area contributed by atoms with Gasteiger partial charge in [0.1, 0.15) is 5.75 Å². The Kier molecular flexibility index (Phi) is 5.19. The number of benzene rings is 3. The zero-order valence-electron chi connectivity index (χ0n) is 17.2. The predicted octanol–water partition coefficient (Wildman–Crippen LogP) is 6.15. The van der Waals surface area contributed by atoms with Crippen LogP contribution in [0, 0.1) is 17.0 Å². The van der Waals surface area contributed by atoms with E-state index < -0.39 is 4.92 Å². The number of non-ortho nitro benzene ring substituents is 1. The zero-order chi connectivity index (χ0) is 21.3. The van der Waals surface area contributed by atoms with Gasteiger partial charge < -0.3 is 4.74 Å². The third-order valence-electron chi connectivity index (χ3n) is 5.42. The number of nitro groups is 1. The first kappa shape index (κ1) is 19.6. The van der Waals surface area contributed by atoms with E-state index >= 15 is 0 Å². The Morgan fingerprint density at radius 3 is 2.67 bits per heavy atom. The molecule has 3 aromatic rings. The number of nitro benzene ring substituents is 1. The standard InChI is InChI=1S/C25H22N2O3/c1-16-6-4-5-7-18(16)12-17(2)19-8-9-20-14-24(26-23(20)13-19)22-15-21(27(28)29)10-11-25(22)30-3/h4-13,15H,14H2,1-3H3/b17-12+. The highest BCUT2D eigenvalue weighted by Gasteiger charge is 2.22. The fourth-order valence-electron chi connectivity index (χ4n) is 3.68. The fourth-order valence-corrected chi connectivity index (χ4v) is 3.68. The van der Waals surface area contributed by atoms with Crippen LogP contribution in [0.1, 0.15) is 34.7 Å². The average molecular weight is 398 g/mol. The number of rotatable bonds is 5. The second-order valence-corrected chi connectivity index (χ2v) is 7.40. The average Bonchev–Trinajstić information content (AvgIpc) is 3.18. The highest BCUT2D eigenvalue weighted by molar-refractivity contribution is 6.09. The highest BCUT2D eigenvalue weighted by Crippen LogP contribution is 2.35. The van der Waals surface area contributed by atoms with Crippen LogP contribution in [0.4, 0.5) is 11.4 Å². The van der Waals surface area contributed by atoms with E-state index in [4.69, 9.17) is 9.73 Å². The van der Waals surface area contributed by atoms with Gasteiger partial charge in [0.15, 0.2) is 0 Å². The van der Waals surface area contributed by atoms with Crippen molar-refractivity contribution in [3.63, 3.8) is 0 Å². The third-order valence-corrected chi connectivity index (χ3v) is 5.42. The van der Waals surface area contributed by atoms with E-state index in [2.05, 4.69) is 50.3 Å². The lowest BCUT2D eigenvalue weighted by Gasteiger charge is -2.07. The van der Waals surface area contributed by atoms with Crippen LogP contribution < -0.4 is 4.74 Å². The highest BCUT2D eigenvalue weighted by atomic mass is 16.6. The molecule has 1 aliphatic rings. The van der Waals surface area contributed by atoms with Crippen LogP contribution in [0.15, 0.2) is 65.7 Å². The largest absolute Gasteiger partial charge is 0.496 e. The summed E-state index contributed by atoms with van der Waals surface area (Å²) >= 11 is 0. The van der Waals surface area contributed by atoms with Gasteiger partial charge in [-0.25, -0.2) is 0 Å². The van der Waals surface area contributed by atoms with Crippen LogP contribution in [0.2, 0.25) is 0 Å². The number of ether oxygens (including phenoxy) is 1. The van der Waals surface area contributed by atoms with E-state index in [1.807, 2.05) is 12.1 Å². The summed E-state index contributed by atoms with van der Waals surface area (Å²) in [6.45, 7) is 4.20. The Balaban J connectivity index is 1.70. The summed E-state index contributed by atoms with van der Waals surface area (Å²) in [4.78, 5) is 15.6. The van der Waals surface area contributed by atoms with Crippen molar-refractivity contribution in [2.75, 3.05) is 7.11 Å². The molecule has 5 heteroatoms. The maximum Gasteiger partial charge on any atom is 0.270 e. The minimum absolute atomic E-state index is 0.0298. The number of aliphatic imine (C=N–C) groups is 1. The lowest BCUT2D eigenvalue weighted by atomic mass is 9.98. The van der Waals surface area contributed by atoms with E-state index in [9.17, 15) is 10.1 Å². The summed E-state index contributed by atoms with van der Waals surface area (Å²) in [5, 5.41) is 11.2. The summed E-state index contributed by atoms with van der Waals surface area (Å²) in [7, 11) is 1.56. The molecule has 0 fully saturated rings. The molecule has 5 nitrogen and oxygen atoms in total. The molecule has 0 atom stereocenters. The van der Waals surface area contributed by atoms with Crippen LogP contribution >= 0.6 is 0 Å². The van der Waals surface area contributed by atoms with Crippen molar-refractivity contribution in [2.24, 2.45) is 4.99 Å². The molecule has 0 bridgehead atoms. The number of nitrogens with zero attached hydrogens (tertiary/aromatic N) is 2. The van der Waals surface area contributed by atoms with Gasteiger partial charge in [0.2, 0.25) is 0 Å². The van der Waals surface area contributed by atoms with Gasteiger partial charge in [-0.05, 0) is 53.8 Å². The molecule has 0 saturated heterocycles. The number of aryl methyl sites for hydroxylation is 1. The Bertz CT molecular complexity index is 1210. The minimum atomic E-state index is -0.399. The number of allylic oxidation sites excluding steroid dienone is 1. The second kappa shape index (κ2) is 7.95. The number of methoxy groups -OCH3 is 1. The monoisotopic (exact) mass is 398 g/mol. The molecule has 1 aliphatic heterocycles. The lowest BCUT2D eigenvalue weighted by Crippen LogP contribution is -2.04. The Labute approximate surface area is 175 Å². The van der Waals surface area contributed by atoms with Crippen LogP contribution in [0.3, 0.4) is 0 Å². The van der Waals surface area contributed by atoms with Crippen molar-refractivity contribution in [3.05, 3.63) is 98.6 Å². The van der Waals surface area contributed by atoms with Gasteiger partial charge in [-0.1, -0.05) is 42.5 Å². The third kappa shape index (κ3) is 3.74. The van der Waals surface area contributed by atoms with E-state index in [1.54, 1.807) is 13.2 Å². The van der Waals surface area contributed by atoms with Gasteiger partial charge in [-0.3, -0.25) is 15.1 Å². The molecule has 30 heavy (non-hydrogen) atoms.